The number of nitrogens with one attached hydrogen (secondary N) is 1. The molecule has 3 aromatic rings. The van der Waals surface area contributed by atoms with Crippen LogP contribution in [0.4, 0.5) is 25.1 Å². The molecule has 1 aliphatic carbocycles. The van der Waals surface area contributed by atoms with E-state index in [0.29, 0.717) is 32.1 Å². The van der Waals surface area contributed by atoms with Crippen molar-refractivity contribution < 1.29 is 13.6 Å². The average molecular weight is 399 g/mol. The van der Waals surface area contributed by atoms with Gasteiger partial charge in [-0.25, -0.2) is 13.6 Å². The van der Waals surface area contributed by atoms with Crippen molar-refractivity contribution in [1.29, 1.82) is 0 Å². The highest BCUT2D eigenvalue weighted by atomic mass is 19.1. The van der Waals surface area contributed by atoms with Gasteiger partial charge in [0.15, 0.2) is 11.5 Å². The first-order valence-corrected chi connectivity index (χ1v) is 9.57. The number of benzene rings is 1. The molecule has 2 fully saturated rings. The van der Waals surface area contributed by atoms with E-state index >= 15 is 0 Å². The van der Waals surface area contributed by atoms with Crippen molar-refractivity contribution in [3.05, 3.63) is 47.8 Å². The lowest BCUT2D eigenvalue weighted by Gasteiger charge is -2.35. The fourth-order valence-corrected chi connectivity index (χ4v) is 3.48. The molecule has 2 amide bonds. The highest BCUT2D eigenvalue weighted by Gasteiger charge is 2.30. The summed E-state index contributed by atoms with van der Waals surface area (Å²) in [6, 6.07) is 6.47. The molecule has 2 aliphatic rings. The van der Waals surface area contributed by atoms with Gasteiger partial charge in [-0.15, -0.1) is 15.3 Å². The maximum atomic E-state index is 13.8. The number of carbonyl (C=O) groups is 1. The third-order valence-electron chi connectivity index (χ3n) is 5.28. The van der Waals surface area contributed by atoms with Crippen molar-refractivity contribution in [3.8, 4) is 0 Å². The lowest BCUT2D eigenvalue weighted by Crippen LogP contribution is -2.50. The topological polar surface area (TPSA) is 78.7 Å². The maximum absolute atomic E-state index is 13.8. The van der Waals surface area contributed by atoms with Gasteiger partial charge in [-0.2, -0.15) is 4.52 Å². The van der Waals surface area contributed by atoms with Gasteiger partial charge in [0, 0.05) is 38.2 Å². The van der Waals surface area contributed by atoms with E-state index in [2.05, 4.69) is 20.4 Å². The van der Waals surface area contributed by atoms with Crippen LogP contribution in [0, 0.1) is 11.6 Å². The van der Waals surface area contributed by atoms with Gasteiger partial charge in [-0.1, -0.05) is 0 Å². The van der Waals surface area contributed by atoms with Crippen molar-refractivity contribution in [2.75, 3.05) is 36.4 Å². The Hall–Kier alpha value is -3.30. The van der Waals surface area contributed by atoms with E-state index in [1.165, 1.54) is 6.07 Å². The highest BCUT2D eigenvalue weighted by Crippen LogP contribution is 2.38. The molecule has 0 spiro atoms. The summed E-state index contributed by atoms with van der Waals surface area (Å²) >= 11 is 0. The van der Waals surface area contributed by atoms with E-state index in [1.54, 1.807) is 4.90 Å². The Labute approximate surface area is 165 Å². The fourth-order valence-electron chi connectivity index (χ4n) is 3.48. The zero-order valence-corrected chi connectivity index (χ0v) is 15.6. The summed E-state index contributed by atoms with van der Waals surface area (Å²) in [6.07, 6.45) is 2.24. The second-order valence-corrected chi connectivity index (χ2v) is 7.32. The molecule has 0 atom stereocenters. The van der Waals surface area contributed by atoms with Gasteiger partial charge in [0.1, 0.15) is 17.5 Å². The van der Waals surface area contributed by atoms with Gasteiger partial charge in [0.25, 0.3) is 0 Å². The number of piperazine rings is 1. The van der Waals surface area contributed by atoms with Crippen molar-refractivity contribution in [2.24, 2.45) is 0 Å². The van der Waals surface area contributed by atoms with Crippen LogP contribution in [0.1, 0.15) is 24.6 Å². The van der Waals surface area contributed by atoms with Crippen LogP contribution in [0.3, 0.4) is 0 Å². The molecule has 8 nitrogen and oxygen atoms in total. The Balaban J connectivity index is 1.25. The molecule has 29 heavy (non-hydrogen) atoms. The van der Waals surface area contributed by atoms with Crippen LogP contribution in [0.5, 0.6) is 0 Å². The van der Waals surface area contributed by atoms with Crippen molar-refractivity contribution >= 4 is 23.2 Å². The van der Waals surface area contributed by atoms with Crippen LogP contribution in [0.25, 0.3) is 5.65 Å². The van der Waals surface area contributed by atoms with Crippen LogP contribution >= 0.6 is 0 Å². The Bertz CT molecular complexity index is 1070. The summed E-state index contributed by atoms with van der Waals surface area (Å²) in [5.41, 5.74) is 0.696. The molecule has 5 rings (SSSR count). The Morgan fingerprint density at radius 2 is 1.83 bits per heavy atom. The number of hydrogen-bond acceptors (Lipinski definition) is 5. The molecule has 150 valence electrons. The molecule has 0 bridgehead atoms. The van der Waals surface area contributed by atoms with E-state index in [4.69, 9.17) is 5.10 Å². The third kappa shape index (κ3) is 3.45. The highest BCUT2D eigenvalue weighted by molar-refractivity contribution is 5.89. The standard InChI is InChI=1S/C19H19F2N7O/c20-13-3-4-15(14(21)11-13)22-19(29)27-9-7-26(8-10-27)17-6-5-16-23-24-18(12-1-2-12)28(16)25-17/h3-6,11-12H,1-2,7-10H2,(H,22,29). The molecule has 0 unspecified atom stereocenters. The largest absolute Gasteiger partial charge is 0.352 e. The van der Waals surface area contributed by atoms with E-state index in [1.807, 2.05) is 16.6 Å². The minimum Gasteiger partial charge on any atom is -0.352 e. The average Bonchev–Trinajstić information content (AvgIpc) is 3.49. The molecule has 1 N–H and O–H groups in total. The summed E-state index contributed by atoms with van der Waals surface area (Å²) in [5, 5.41) is 15.6. The third-order valence-corrected chi connectivity index (χ3v) is 5.28. The van der Waals surface area contributed by atoms with E-state index in [-0.39, 0.29) is 5.69 Å². The number of urea groups is 1. The molecule has 2 aromatic heterocycles. The van der Waals surface area contributed by atoms with Gasteiger partial charge < -0.3 is 15.1 Å². The number of amides is 2. The van der Waals surface area contributed by atoms with Crippen molar-refractivity contribution in [1.82, 2.24) is 24.7 Å². The monoisotopic (exact) mass is 399 g/mol. The number of aromatic nitrogens is 4. The minimum absolute atomic E-state index is 0.0360. The normalized spacial score (nSPS) is 17.0. The van der Waals surface area contributed by atoms with Gasteiger partial charge >= 0.3 is 6.03 Å². The summed E-state index contributed by atoms with van der Waals surface area (Å²) in [5.74, 6) is 0.677. The zero-order valence-electron chi connectivity index (χ0n) is 15.6. The van der Waals surface area contributed by atoms with Crippen molar-refractivity contribution in [2.45, 2.75) is 18.8 Å². The zero-order chi connectivity index (χ0) is 20.0. The number of hydrogen-bond donors (Lipinski definition) is 1. The van der Waals surface area contributed by atoms with Crippen molar-refractivity contribution in [3.63, 3.8) is 0 Å². The quantitative estimate of drug-likeness (QED) is 0.733. The van der Waals surface area contributed by atoms with Gasteiger partial charge in [0.2, 0.25) is 0 Å². The second-order valence-electron chi connectivity index (χ2n) is 7.32. The van der Waals surface area contributed by atoms with E-state index in [9.17, 15) is 13.6 Å². The Morgan fingerprint density at radius 3 is 2.55 bits per heavy atom. The SMILES string of the molecule is O=C(Nc1ccc(F)cc1F)N1CCN(c2ccc3nnc(C4CC4)n3n2)CC1. The maximum Gasteiger partial charge on any atom is 0.322 e. The second kappa shape index (κ2) is 6.94. The van der Waals surface area contributed by atoms with E-state index < -0.39 is 17.7 Å². The van der Waals surface area contributed by atoms with Crippen LogP contribution in [-0.2, 0) is 0 Å². The van der Waals surface area contributed by atoms with Gasteiger partial charge in [0.05, 0.1) is 5.69 Å². The van der Waals surface area contributed by atoms with Crippen LogP contribution in [-0.4, -0.2) is 56.9 Å². The lowest BCUT2D eigenvalue weighted by atomic mass is 10.3. The predicted octanol–water partition coefficient (Wildman–Crippen LogP) is 2.63. The van der Waals surface area contributed by atoms with Crippen LogP contribution < -0.4 is 10.2 Å². The molecule has 3 heterocycles. The summed E-state index contributed by atoms with van der Waals surface area (Å²) in [7, 11) is 0. The number of nitrogens with zero attached hydrogens (tertiary/aromatic N) is 6. The first-order valence-electron chi connectivity index (χ1n) is 9.57. The number of fused-ring (bicyclic) bond motifs is 1. The predicted molar refractivity (Wildman–Crippen MR) is 102 cm³/mol. The number of carbonyl (C=O) groups excluding carboxylic acids is 1. The molecule has 1 aliphatic heterocycles. The minimum atomic E-state index is -0.796. The summed E-state index contributed by atoms with van der Waals surface area (Å²) in [4.78, 5) is 16.1. The number of anilines is 2. The number of halogens is 2. The molecular weight excluding hydrogens is 380 g/mol. The molecule has 0 radical (unpaired) electrons. The summed E-state index contributed by atoms with van der Waals surface area (Å²) < 4.78 is 28.6. The fraction of sp³-hybridized carbons (Fsp3) is 0.368. The molecule has 10 heteroatoms. The Morgan fingerprint density at radius 1 is 1.03 bits per heavy atom. The first-order chi connectivity index (χ1) is 14.1. The molecule has 1 saturated carbocycles. The first kappa shape index (κ1) is 17.8. The van der Waals surface area contributed by atoms with Crippen LogP contribution in [0.15, 0.2) is 30.3 Å². The van der Waals surface area contributed by atoms with Crippen LogP contribution in [0.2, 0.25) is 0 Å². The molecule has 1 saturated heterocycles. The Kier molecular flexibility index (Phi) is 4.26. The lowest BCUT2D eigenvalue weighted by molar-refractivity contribution is 0.208. The smallest absolute Gasteiger partial charge is 0.322 e. The number of rotatable bonds is 3. The molecular formula is C19H19F2N7O. The molecule has 1 aromatic carbocycles. The van der Waals surface area contributed by atoms with E-state index in [0.717, 1.165) is 42.3 Å². The van der Waals surface area contributed by atoms with Gasteiger partial charge in [-0.3, -0.25) is 0 Å². The van der Waals surface area contributed by atoms with Gasteiger partial charge in [-0.05, 0) is 37.1 Å². The summed E-state index contributed by atoms with van der Waals surface area (Å²) in [6.45, 7) is 2.12.